The van der Waals surface area contributed by atoms with Crippen LogP contribution in [0, 0.1) is 5.82 Å². The van der Waals surface area contributed by atoms with Gasteiger partial charge >= 0.3 is 0 Å². The van der Waals surface area contributed by atoms with Crippen molar-refractivity contribution in [1.29, 1.82) is 0 Å². The van der Waals surface area contributed by atoms with Crippen LogP contribution in [-0.4, -0.2) is 52.9 Å². The van der Waals surface area contributed by atoms with Crippen LogP contribution in [-0.2, 0) is 17.8 Å². The first kappa shape index (κ1) is 27.7. The molecule has 0 atom stereocenters. The van der Waals surface area contributed by atoms with Gasteiger partial charge in [0.1, 0.15) is 17.4 Å². The van der Waals surface area contributed by atoms with Gasteiger partial charge in [-0.1, -0.05) is 78.9 Å². The van der Waals surface area contributed by atoms with Gasteiger partial charge in [0, 0.05) is 43.3 Å². The number of fused-ring (bicyclic) bond motifs is 2. The van der Waals surface area contributed by atoms with Crippen molar-refractivity contribution < 1.29 is 23.5 Å². The molecule has 1 saturated heterocycles. The van der Waals surface area contributed by atoms with Crippen molar-refractivity contribution >= 4 is 22.7 Å². The molecule has 0 radical (unpaired) electrons. The standard InChI is InChI=1S/C36H30FN3O4/c37-27-15-13-24(14-16-27)22-40-23-29-30(35(41)39-18-20-43-21-19-39)28-12-7-17-38-32(28)34(31(29)36(40)42)44-33(25-8-3-1-4-9-25)26-10-5-2-6-11-26/h1-17,33H,18-23H2. The second-order valence-corrected chi connectivity index (χ2v) is 11.0. The number of pyridine rings is 1. The molecule has 8 heteroatoms. The van der Waals surface area contributed by atoms with Gasteiger partial charge in [0.05, 0.1) is 24.3 Å². The number of carbonyl (C=O) groups is 2. The van der Waals surface area contributed by atoms with E-state index in [1.807, 2.05) is 66.7 Å². The minimum absolute atomic E-state index is 0.159. The minimum atomic E-state index is -0.536. The topological polar surface area (TPSA) is 72.0 Å². The average molecular weight is 588 g/mol. The SMILES string of the molecule is O=C1c2c(c(C(=O)N3CCOCC3)c3cccnc3c2OC(c2ccccc2)c2ccccc2)CN1Cc1ccc(F)cc1. The maximum Gasteiger partial charge on any atom is 0.258 e. The Bertz CT molecular complexity index is 1780. The number of aromatic nitrogens is 1. The summed E-state index contributed by atoms with van der Waals surface area (Å²) in [5.41, 5.74) is 4.48. The lowest BCUT2D eigenvalue weighted by Crippen LogP contribution is -2.41. The molecule has 0 unspecified atom stereocenters. The highest BCUT2D eigenvalue weighted by Crippen LogP contribution is 2.43. The van der Waals surface area contributed by atoms with Gasteiger partial charge < -0.3 is 19.3 Å². The number of rotatable bonds is 7. The van der Waals surface area contributed by atoms with Crippen LogP contribution in [0.25, 0.3) is 10.9 Å². The highest BCUT2D eigenvalue weighted by atomic mass is 19.1. The highest BCUT2D eigenvalue weighted by molar-refractivity contribution is 6.16. The van der Waals surface area contributed by atoms with E-state index in [0.717, 1.165) is 16.7 Å². The fraction of sp³-hybridized carbons (Fsp3) is 0.194. The molecule has 2 amide bonds. The molecular formula is C36H30FN3O4. The van der Waals surface area contributed by atoms with Crippen LogP contribution >= 0.6 is 0 Å². The summed E-state index contributed by atoms with van der Waals surface area (Å²) in [7, 11) is 0. The van der Waals surface area contributed by atoms with E-state index in [1.54, 1.807) is 34.2 Å². The van der Waals surface area contributed by atoms with Crippen LogP contribution in [0.15, 0.2) is 103 Å². The summed E-state index contributed by atoms with van der Waals surface area (Å²) in [6, 6.07) is 29.5. The van der Waals surface area contributed by atoms with Crippen molar-refractivity contribution in [3.63, 3.8) is 0 Å². The number of amides is 2. The first-order valence-corrected chi connectivity index (χ1v) is 14.7. The Labute approximate surface area is 254 Å². The lowest BCUT2D eigenvalue weighted by molar-refractivity contribution is 0.0303. The van der Waals surface area contributed by atoms with Gasteiger partial charge in [-0.3, -0.25) is 14.6 Å². The summed E-state index contributed by atoms with van der Waals surface area (Å²) in [4.78, 5) is 36.7. The number of carbonyl (C=O) groups excluding carboxylic acids is 2. The summed E-state index contributed by atoms with van der Waals surface area (Å²) in [6.45, 7) is 2.30. The molecule has 0 N–H and O–H groups in total. The fourth-order valence-electron chi connectivity index (χ4n) is 6.06. The number of morpholine rings is 1. The number of ether oxygens (including phenoxy) is 2. The summed E-state index contributed by atoms with van der Waals surface area (Å²) in [6.07, 6.45) is 1.12. The third-order valence-electron chi connectivity index (χ3n) is 8.21. The second-order valence-electron chi connectivity index (χ2n) is 11.0. The van der Waals surface area contributed by atoms with E-state index in [2.05, 4.69) is 0 Å². The Hall–Kier alpha value is -5.08. The molecular weight excluding hydrogens is 557 g/mol. The predicted molar refractivity (Wildman–Crippen MR) is 164 cm³/mol. The molecule has 2 aliphatic heterocycles. The predicted octanol–water partition coefficient (Wildman–Crippen LogP) is 6.17. The van der Waals surface area contributed by atoms with E-state index in [9.17, 15) is 14.0 Å². The maximum absolute atomic E-state index is 14.3. The monoisotopic (exact) mass is 587 g/mol. The Morgan fingerprint density at radius 2 is 1.55 bits per heavy atom. The van der Waals surface area contributed by atoms with Crippen LogP contribution in [0.2, 0.25) is 0 Å². The van der Waals surface area contributed by atoms with Crippen molar-refractivity contribution in [3.8, 4) is 5.75 Å². The largest absolute Gasteiger partial charge is 0.478 e. The quantitative estimate of drug-likeness (QED) is 0.228. The number of nitrogens with zero attached hydrogens (tertiary/aromatic N) is 3. The van der Waals surface area contributed by atoms with Crippen molar-refractivity contribution in [2.75, 3.05) is 26.3 Å². The zero-order chi connectivity index (χ0) is 30.0. The zero-order valence-electron chi connectivity index (χ0n) is 24.0. The average Bonchev–Trinajstić information content (AvgIpc) is 3.39. The van der Waals surface area contributed by atoms with Crippen molar-refractivity contribution in [1.82, 2.24) is 14.8 Å². The summed E-state index contributed by atoms with van der Waals surface area (Å²) in [5, 5.41) is 0.633. The lowest BCUT2D eigenvalue weighted by Gasteiger charge is -2.28. The molecule has 44 heavy (non-hydrogen) atoms. The third-order valence-corrected chi connectivity index (χ3v) is 8.21. The first-order valence-electron chi connectivity index (χ1n) is 14.7. The molecule has 0 aliphatic carbocycles. The van der Waals surface area contributed by atoms with Gasteiger partial charge in [0.2, 0.25) is 0 Å². The van der Waals surface area contributed by atoms with E-state index < -0.39 is 6.10 Å². The number of halogens is 1. The molecule has 5 aromatic rings. The lowest BCUT2D eigenvalue weighted by atomic mass is 9.94. The first-order chi connectivity index (χ1) is 21.6. The minimum Gasteiger partial charge on any atom is -0.478 e. The molecule has 1 aromatic heterocycles. The summed E-state index contributed by atoms with van der Waals surface area (Å²) >= 11 is 0. The third kappa shape index (κ3) is 5.18. The van der Waals surface area contributed by atoms with Gasteiger partial charge in [-0.25, -0.2) is 4.39 Å². The van der Waals surface area contributed by atoms with Gasteiger partial charge in [-0.2, -0.15) is 0 Å². The maximum atomic E-state index is 14.3. The van der Waals surface area contributed by atoms with Crippen LogP contribution in [0.5, 0.6) is 5.75 Å². The molecule has 0 bridgehead atoms. The molecule has 220 valence electrons. The Morgan fingerprint density at radius 1 is 0.886 bits per heavy atom. The highest BCUT2D eigenvalue weighted by Gasteiger charge is 2.39. The van der Waals surface area contributed by atoms with Crippen LogP contribution < -0.4 is 4.74 Å². The molecule has 0 spiro atoms. The van der Waals surface area contributed by atoms with Crippen molar-refractivity contribution in [2.45, 2.75) is 19.2 Å². The van der Waals surface area contributed by atoms with E-state index in [1.165, 1.54) is 12.1 Å². The second kappa shape index (κ2) is 11.9. The van der Waals surface area contributed by atoms with E-state index in [-0.39, 0.29) is 30.7 Å². The smallest absolute Gasteiger partial charge is 0.258 e. The Balaban J connectivity index is 1.41. The summed E-state index contributed by atoms with van der Waals surface area (Å²) < 4.78 is 26.1. The molecule has 0 saturated carbocycles. The summed E-state index contributed by atoms with van der Waals surface area (Å²) in [5.74, 6) is -0.418. The van der Waals surface area contributed by atoms with Gasteiger partial charge in [-0.05, 0) is 34.9 Å². The number of benzene rings is 4. The Kier molecular flexibility index (Phi) is 7.50. The molecule has 4 aromatic carbocycles. The van der Waals surface area contributed by atoms with Crippen molar-refractivity contribution in [3.05, 3.63) is 142 Å². The van der Waals surface area contributed by atoms with E-state index in [4.69, 9.17) is 14.5 Å². The number of hydrogen-bond donors (Lipinski definition) is 0. The molecule has 7 nitrogen and oxygen atoms in total. The van der Waals surface area contributed by atoms with Gasteiger partial charge in [0.15, 0.2) is 5.75 Å². The van der Waals surface area contributed by atoms with E-state index >= 15 is 0 Å². The van der Waals surface area contributed by atoms with Gasteiger partial charge in [0.25, 0.3) is 11.8 Å². The van der Waals surface area contributed by atoms with Crippen molar-refractivity contribution in [2.24, 2.45) is 0 Å². The van der Waals surface area contributed by atoms with Crippen LogP contribution in [0.1, 0.15) is 49.1 Å². The Morgan fingerprint density at radius 3 is 2.20 bits per heavy atom. The van der Waals surface area contributed by atoms with Crippen LogP contribution in [0.4, 0.5) is 4.39 Å². The van der Waals surface area contributed by atoms with Crippen LogP contribution in [0.3, 0.4) is 0 Å². The fourth-order valence-corrected chi connectivity index (χ4v) is 6.06. The zero-order valence-corrected chi connectivity index (χ0v) is 24.0. The van der Waals surface area contributed by atoms with E-state index in [0.29, 0.717) is 59.6 Å². The molecule has 2 aliphatic rings. The normalized spacial score (nSPS) is 14.7. The molecule has 1 fully saturated rings. The molecule has 7 rings (SSSR count). The van der Waals surface area contributed by atoms with Gasteiger partial charge in [-0.15, -0.1) is 0 Å². The number of hydrogen-bond acceptors (Lipinski definition) is 5. The molecule has 3 heterocycles.